The smallest absolute Gasteiger partial charge is 0.267 e. The third kappa shape index (κ3) is 3.38. The predicted octanol–water partition coefficient (Wildman–Crippen LogP) is 2.00. The molecular weight excluding hydrogens is 278 g/mol. The number of nitrogens with one attached hydrogen (secondary N) is 2. The fraction of sp³-hybridized carbons (Fsp3) is 0.143. The zero-order chi connectivity index (χ0) is 14.5. The Hall–Kier alpha value is -2.29. The fourth-order valence-electron chi connectivity index (χ4n) is 1.68. The zero-order valence-corrected chi connectivity index (χ0v) is 11.2. The molecule has 0 spiro atoms. The summed E-state index contributed by atoms with van der Waals surface area (Å²) in [5.41, 5.74) is 1.26. The van der Waals surface area contributed by atoms with Crippen LogP contribution in [0.5, 0.6) is 0 Å². The number of aromatic amines is 1. The third-order valence-corrected chi connectivity index (χ3v) is 3.01. The molecule has 0 aliphatic carbocycles. The third-order valence-electron chi connectivity index (χ3n) is 2.76. The summed E-state index contributed by atoms with van der Waals surface area (Å²) in [5.74, 6) is -0.375. The van der Waals surface area contributed by atoms with Crippen LogP contribution >= 0.6 is 11.6 Å². The Balaban J connectivity index is 1.93. The van der Waals surface area contributed by atoms with E-state index in [1.165, 1.54) is 12.1 Å². The number of halogens is 1. The molecule has 1 amide bonds. The molecule has 1 aromatic carbocycles. The number of nitriles is 1. The maximum Gasteiger partial charge on any atom is 0.267 e. The van der Waals surface area contributed by atoms with Crippen LogP contribution in [0.15, 0.2) is 36.4 Å². The van der Waals surface area contributed by atoms with E-state index < -0.39 is 6.10 Å². The molecular formula is C14H12ClN3O2. The molecule has 6 heteroatoms. The second kappa shape index (κ2) is 6.24. The molecule has 5 nitrogen and oxygen atoms in total. The van der Waals surface area contributed by atoms with Crippen molar-refractivity contribution in [3.8, 4) is 6.07 Å². The minimum atomic E-state index is -0.818. The molecule has 0 bridgehead atoms. The summed E-state index contributed by atoms with van der Waals surface area (Å²) < 4.78 is 0. The summed E-state index contributed by atoms with van der Waals surface area (Å²) in [6.45, 7) is 0.0708. The average molecular weight is 290 g/mol. The Labute approximate surface area is 120 Å². The van der Waals surface area contributed by atoms with Crippen LogP contribution in [0.3, 0.4) is 0 Å². The van der Waals surface area contributed by atoms with E-state index in [0.717, 1.165) is 0 Å². The topological polar surface area (TPSA) is 88.9 Å². The minimum absolute atomic E-state index is 0.0708. The highest BCUT2D eigenvalue weighted by Crippen LogP contribution is 2.15. The first-order valence-corrected chi connectivity index (χ1v) is 6.29. The van der Waals surface area contributed by atoms with Gasteiger partial charge in [-0.15, -0.1) is 0 Å². The summed E-state index contributed by atoms with van der Waals surface area (Å²) >= 11 is 5.76. The van der Waals surface area contributed by atoms with Crippen molar-refractivity contribution in [1.29, 1.82) is 5.26 Å². The van der Waals surface area contributed by atoms with Gasteiger partial charge in [0, 0.05) is 11.6 Å². The van der Waals surface area contributed by atoms with Crippen LogP contribution in [0.4, 0.5) is 0 Å². The monoisotopic (exact) mass is 289 g/mol. The number of hydrogen-bond donors (Lipinski definition) is 3. The van der Waals surface area contributed by atoms with Gasteiger partial charge in [-0.1, -0.05) is 23.7 Å². The van der Waals surface area contributed by atoms with Crippen LogP contribution in [-0.2, 0) is 0 Å². The summed E-state index contributed by atoms with van der Waals surface area (Å²) in [4.78, 5) is 14.4. The lowest BCUT2D eigenvalue weighted by atomic mass is 10.1. The van der Waals surface area contributed by atoms with Gasteiger partial charge in [-0.05, 0) is 29.8 Å². The highest BCUT2D eigenvalue weighted by molar-refractivity contribution is 6.30. The highest BCUT2D eigenvalue weighted by atomic mass is 35.5. The number of hydrogen-bond acceptors (Lipinski definition) is 3. The van der Waals surface area contributed by atoms with Crippen LogP contribution < -0.4 is 5.32 Å². The molecule has 20 heavy (non-hydrogen) atoms. The normalized spacial score (nSPS) is 11.7. The van der Waals surface area contributed by atoms with Gasteiger partial charge in [0.1, 0.15) is 17.5 Å². The molecule has 2 aromatic rings. The Morgan fingerprint density at radius 1 is 1.35 bits per heavy atom. The van der Waals surface area contributed by atoms with E-state index >= 15 is 0 Å². The standard InChI is InChI=1S/C14H12ClN3O2/c15-10-3-1-9(2-4-10)13(19)8-17-14(20)12-6-5-11(7-16)18-12/h1-6,13,18-19H,8H2,(H,17,20). The molecule has 1 heterocycles. The lowest BCUT2D eigenvalue weighted by molar-refractivity contribution is 0.0912. The summed E-state index contributed by atoms with van der Waals surface area (Å²) in [6.07, 6.45) is -0.818. The molecule has 1 aromatic heterocycles. The lowest BCUT2D eigenvalue weighted by Gasteiger charge is -2.11. The maximum atomic E-state index is 11.8. The molecule has 0 radical (unpaired) electrons. The van der Waals surface area contributed by atoms with Crippen molar-refractivity contribution in [2.24, 2.45) is 0 Å². The van der Waals surface area contributed by atoms with E-state index in [1.54, 1.807) is 24.3 Å². The van der Waals surface area contributed by atoms with Crippen LogP contribution in [0, 0.1) is 11.3 Å². The molecule has 102 valence electrons. The van der Waals surface area contributed by atoms with Gasteiger partial charge in [0.2, 0.25) is 0 Å². The van der Waals surface area contributed by atoms with Crippen LogP contribution in [-0.4, -0.2) is 22.5 Å². The van der Waals surface area contributed by atoms with E-state index in [4.69, 9.17) is 16.9 Å². The highest BCUT2D eigenvalue weighted by Gasteiger charge is 2.12. The molecule has 3 N–H and O–H groups in total. The number of nitrogens with zero attached hydrogens (tertiary/aromatic N) is 1. The summed E-state index contributed by atoms with van der Waals surface area (Å²) in [7, 11) is 0. The van der Waals surface area contributed by atoms with E-state index in [2.05, 4.69) is 10.3 Å². The molecule has 2 rings (SSSR count). The number of aromatic nitrogens is 1. The number of aliphatic hydroxyl groups is 1. The first kappa shape index (κ1) is 14.1. The lowest BCUT2D eigenvalue weighted by Crippen LogP contribution is -2.28. The SMILES string of the molecule is N#Cc1ccc(C(=O)NCC(O)c2ccc(Cl)cc2)[nH]1. The van der Waals surface area contributed by atoms with Gasteiger partial charge in [-0.25, -0.2) is 0 Å². The number of aliphatic hydroxyl groups excluding tert-OH is 1. The van der Waals surface area contributed by atoms with Crippen molar-refractivity contribution in [1.82, 2.24) is 10.3 Å². The van der Waals surface area contributed by atoms with Crippen LogP contribution in [0.2, 0.25) is 5.02 Å². The maximum absolute atomic E-state index is 11.8. The average Bonchev–Trinajstić information content (AvgIpc) is 2.94. The van der Waals surface area contributed by atoms with Crippen LogP contribution in [0.1, 0.15) is 27.8 Å². The van der Waals surface area contributed by atoms with Gasteiger partial charge in [0.25, 0.3) is 5.91 Å². The van der Waals surface area contributed by atoms with Crippen molar-refractivity contribution >= 4 is 17.5 Å². The number of carbonyl (C=O) groups is 1. The molecule has 0 aliphatic heterocycles. The Morgan fingerprint density at radius 3 is 2.65 bits per heavy atom. The quantitative estimate of drug-likeness (QED) is 0.804. The largest absolute Gasteiger partial charge is 0.387 e. The van der Waals surface area contributed by atoms with Crippen molar-refractivity contribution < 1.29 is 9.90 Å². The Kier molecular flexibility index (Phi) is 4.41. The number of benzene rings is 1. The minimum Gasteiger partial charge on any atom is -0.387 e. The van der Waals surface area contributed by atoms with Gasteiger partial charge >= 0.3 is 0 Å². The van der Waals surface area contributed by atoms with Gasteiger partial charge in [0.05, 0.1) is 6.10 Å². The van der Waals surface area contributed by atoms with Crippen LogP contribution in [0.25, 0.3) is 0 Å². The molecule has 0 saturated carbocycles. The number of rotatable bonds is 4. The molecule has 0 fully saturated rings. The van der Waals surface area contributed by atoms with Crippen molar-refractivity contribution in [3.05, 3.63) is 58.4 Å². The first-order valence-electron chi connectivity index (χ1n) is 5.91. The van der Waals surface area contributed by atoms with E-state index in [0.29, 0.717) is 16.3 Å². The zero-order valence-electron chi connectivity index (χ0n) is 10.4. The summed E-state index contributed by atoms with van der Waals surface area (Å²) in [5, 5.41) is 21.8. The molecule has 0 saturated heterocycles. The molecule has 1 unspecified atom stereocenters. The van der Waals surface area contributed by atoms with Crippen molar-refractivity contribution in [2.45, 2.75) is 6.10 Å². The van der Waals surface area contributed by atoms with Gasteiger partial charge < -0.3 is 15.4 Å². The Bertz CT molecular complexity index is 643. The number of H-pyrrole nitrogens is 1. The van der Waals surface area contributed by atoms with Gasteiger partial charge in [0.15, 0.2) is 0 Å². The van der Waals surface area contributed by atoms with E-state index in [9.17, 15) is 9.90 Å². The second-order valence-corrected chi connectivity index (χ2v) is 4.61. The first-order chi connectivity index (χ1) is 9.60. The molecule has 1 atom stereocenters. The van der Waals surface area contributed by atoms with Crippen molar-refractivity contribution in [2.75, 3.05) is 6.54 Å². The second-order valence-electron chi connectivity index (χ2n) is 4.17. The van der Waals surface area contributed by atoms with E-state index in [1.807, 2.05) is 6.07 Å². The van der Waals surface area contributed by atoms with Gasteiger partial charge in [-0.3, -0.25) is 4.79 Å². The van der Waals surface area contributed by atoms with Crippen molar-refractivity contribution in [3.63, 3.8) is 0 Å². The molecule has 0 aliphatic rings. The van der Waals surface area contributed by atoms with E-state index in [-0.39, 0.29) is 18.1 Å². The fourth-order valence-corrected chi connectivity index (χ4v) is 1.81. The number of carbonyl (C=O) groups excluding carboxylic acids is 1. The number of amides is 1. The predicted molar refractivity (Wildman–Crippen MR) is 74.3 cm³/mol. The Morgan fingerprint density at radius 2 is 2.05 bits per heavy atom. The summed E-state index contributed by atoms with van der Waals surface area (Å²) in [6, 6.07) is 11.7. The van der Waals surface area contributed by atoms with Gasteiger partial charge in [-0.2, -0.15) is 5.26 Å².